The number of nitrogens with zero attached hydrogens (tertiary/aromatic N) is 2. The van der Waals surface area contributed by atoms with Crippen LogP contribution in [0.25, 0.3) is 22.6 Å². The predicted molar refractivity (Wildman–Crippen MR) is 102 cm³/mol. The summed E-state index contributed by atoms with van der Waals surface area (Å²) in [7, 11) is -3.28. The number of carbonyl (C=O) groups excluding carboxylic acids is 1. The number of aryl methyl sites for hydroxylation is 1. The minimum atomic E-state index is -3.28. The van der Waals surface area contributed by atoms with Crippen molar-refractivity contribution in [3.8, 4) is 22.6 Å². The zero-order chi connectivity index (χ0) is 19.6. The van der Waals surface area contributed by atoms with Crippen molar-refractivity contribution < 1.29 is 17.9 Å². The van der Waals surface area contributed by atoms with Gasteiger partial charge in [-0.25, -0.2) is 8.42 Å². The van der Waals surface area contributed by atoms with Crippen LogP contribution in [0.4, 0.5) is 0 Å². The van der Waals surface area contributed by atoms with E-state index in [1.54, 1.807) is 29.8 Å². The van der Waals surface area contributed by atoms with Crippen LogP contribution in [0.5, 0.6) is 0 Å². The van der Waals surface area contributed by atoms with Crippen LogP contribution in [0.1, 0.15) is 12.6 Å². The summed E-state index contributed by atoms with van der Waals surface area (Å²) in [4.78, 5) is 15.4. The van der Waals surface area contributed by atoms with Crippen molar-refractivity contribution in [3.63, 3.8) is 0 Å². The number of aromatic nitrogens is 3. The van der Waals surface area contributed by atoms with E-state index >= 15 is 0 Å². The Kier molecular flexibility index (Phi) is 5.18. The number of esters is 1. The van der Waals surface area contributed by atoms with Gasteiger partial charge in [-0.15, -0.1) is 0 Å². The number of ether oxygens (including phenoxy) is 1. The van der Waals surface area contributed by atoms with Gasteiger partial charge in [0.1, 0.15) is 6.54 Å². The zero-order valence-corrected chi connectivity index (χ0v) is 16.2. The molecule has 0 amide bonds. The van der Waals surface area contributed by atoms with Gasteiger partial charge in [0.2, 0.25) is 0 Å². The van der Waals surface area contributed by atoms with Crippen LogP contribution in [0.3, 0.4) is 0 Å². The molecular weight excluding hydrogens is 366 g/mol. The maximum Gasteiger partial charge on any atom is 0.327 e. The molecule has 2 heterocycles. The molecule has 1 N–H and O–H groups in total. The molecule has 0 bridgehead atoms. The van der Waals surface area contributed by atoms with Crippen LogP contribution < -0.4 is 0 Å². The van der Waals surface area contributed by atoms with Crippen LogP contribution in [-0.4, -0.2) is 42.0 Å². The molecule has 2 aromatic heterocycles. The van der Waals surface area contributed by atoms with Gasteiger partial charge in [-0.1, -0.05) is 12.1 Å². The lowest BCUT2D eigenvalue weighted by molar-refractivity contribution is -0.144. The first-order valence-electron chi connectivity index (χ1n) is 8.48. The van der Waals surface area contributed by atoms with E-state index in [1.165, 1.54) is 6.26 Å². The first kappa shape index (κ1) is 18.9. The quantitative estimate of drug-likeness (QED) is 0.657. The third-order valence-electron chi connectivity index (χ3n) is 4.02. The molecule has 0 atom stereocenters. The largest absolute Gasteiger partial charge is 0.465 e. The van der Waals surface area contributed by atoms with E-state index in [1.807, 2.05) is 31.2 Å². The number of rotatable bonds is 6. The van der Waals surface area contributed by atoms with Crippen molar-refractivity contribution in [2.45, 2.75) is 25.3 Å². The minimum absolute atomic E-state index is 0.0227. The summed E-state index contributed by atoms with van der Waals surface area (Å²) < 4.78 is 30.2. The average molecular weight is 387 g/mol. The highest BCUT2D eigenvalue weighted by molar-refractivity contribution is 7.90. The summed E-state index contributed by atoms with van der Waals surface area (Å²) in [5.41, 5.74) is 3.85. The van der Waals surface area contributed by atoms with Gasteiger partial charge in [-0.2, -0.15) is 5.10 Å². The number of hydrogen-bond acceptors (Lipinski definition) is 5. The van der Waals surface area contributed by atoms with Gasteiger partial charge in [0.15, 0.2) is 9.84 Å². The minimum Gasteiger partial charge on any atom is -0.465 e. The number of hydrogen-bond donors (Lipinski definition) is 1. The van der Waals surface area contributed by atoms with Gasteiger partial charge >= 0.3 is 5.97 Å². The third kappa shape index (κ3) is 4.28. The van der Waals surface area contributed by atoms with Crippen LogP contribution in [-0.2, 0) is 25.9 Å². The Labute approximate surface area is 157 Å². The van der Waals surface area contributed by atoms with Crippen LogP contribution >= 0.6 is 0 Å². The first-order chi connectivity index (χ1) is 12.8. The average Bonchev–Trinajstić information content (AvgIpc) is 3.21. The second-order valence-electron chi connectivity index (χ2n) is 6.22. The Hall–Kier alpha value is -2.87. The van der Waals surface area contributed by atoms with Gasteiger partial charge in [0.05, 0.1) is 28.6 Å². The monoisotopic (exact) mass is 387 g/mol. The summed E-state index contributed by atoms with van der Waals surface area (Å²) in [5.74, 6) is -0.352. The lowest BCUT2D eigenvalue weighted by Crippen LogP contribution is -2.15. The van der Waals surface area contributed by atoms with Crippen LogP contribution in [0.2, 0.25) is 0 Å². The van der Waals surface area contributed by atoms with E-state index in [0.717, 1.165) is 28.3 Å². The van der Waals surface area contributed by atoms with E-state index in [2.05, 4.69) is 10.1 Å². The number of aromatic amines is 1. The lowest BCUT2D eigenvalue weighted by Gasteiger charge is -2.06. The van der Waals surface area contributed by atoms with E-state index in [9.17, 15) is 13.2 Å². The SMILES string of the molecule is CCOC(=O)Cn1nc(C)cc1-c1ccc(-c2cccc(S(C)(=O)=O)c2)[nH]1. The van der Waals surface area contributed by atoms with Gasteiger partial charge in [0.25, 0.3) is 0 Å². The number of carbonyl (C=O) groups is 1. The zero-order valence-electron chi connectivity index (χ0n) is 15.4. The molecule has 3 aromatic rings. The highest BCUT2D eigenvalue weighted by atomic mass is 32.2. The van der Waals surface area contributed by atoms with E-state index in [4.69, 9.17) is 4.74 Å². The normalized spacial score (nSPS) is 11.5. The molecule has 0 aliphatic carbocycles. The van der Waals surface area contributed by atoms with Gasteiger partial charge in [-0.05, 0) is 49.7 Å². The molecule has 1 aromatic carbocycles. The fraction of sp³-hybridized carbons (Fsp3) is 0.263. The molecule has 27 heavy (non-hydrogen) atoms. The Balaban J connectivity index is 1.94. The van der Waals surface area contributed by atoms with Crippen molar-refractivity contribution in [2.24, 2.45) is 0 Å². The van der Waals surface area contributed by atoms with Crippen LogP contribution in [0.15, 0.2) is 47.4 Å². The van der Waals surface area contributed by atoms with Gasteiger partial charge < -0.3 is 9.72 Å². The second-order valence-corrected chi connectivity index (χ2v) is 8.24. The summed E-state index contributed by atoms with van der Waals surface area (Å²) in [5, 5.41) is 4.35. The highest BCUT2D eigenvalue weighted by Gasteiger charge is 2.15. The predicted octanol–water partition coefficient (Wildman–Crippen LogP) is 2.82. The topological polar surface area (TPSA) is 94.1 Å². The molecule has 142 valence electrons. The van der Waals surface area contributed by atoms with Gasteiger partial charge in [0, 0.05) is 11.9 Å². The molecule has 8 heteroatoms. The number of H-pyrrole nitrogens is 1. The van der Waals surface area contributed by atoms with Gasteiger partial charge in [-0.3, -0.25) is 9.48 Å². The van der Waals surface area contributed by atoms with Crippen molar-refractivity contribution in [1.29, 1.82) is 0 Å². The van der Waals surface area contributed by atoms with E-state index in [-0.39, 0.29) is 17.4 Å². The maximum absolute atomic E-state index is 11.8. The molecule has 0 unspecified atom stereocenters. The maximum atomic E-state index is 11.8. The molecule has 0 saturated carbocycles. The lowest BCUT2D eigenvalue weighted by atomic mass is 10.2. The Bertz CT molecular complexity index is 1080. The van der Waals surface area contributed by atoms with E-state index in [0.29, 0.717) is 6.61 Å². The number of nitrogens with one attached hydrogen (secondary N) is 1. The molecule has 0 radical (unpaired) electrons. The Morgan fingerprint density at radius 3 is 2.63 bits per heavy atom. The van der Waals surface area contributed by atoms with Crippen molar-refractivity contribution in [2.75, 3.05) is 12.9 Å². The van der Waals surface area contributed by atoms with Crippen molar-refractivity contribution >= 4 is 15.8 Å². The Morgan fingerprint density at radius 2 is 1.93 bits per heavy atom. The summed E-state index contributed by atoms with van der Waals surface area (Å²) in [6, 6.07) is 12.4. The smallest absolute Gasteiger partial charge is 0.327 e. The highest BCUT2D eigenvalue weighted by Crippen LogP contribution is 2.26. The number of sulfone groups is 1. The molecule has 0 saturated heterocycles. The van der Waals surface area contributed by atoms with E-state index < -0.39 is 9.84 Å². The Morgan fingerprint density at radius 1 is 1.19 bits per heavy atom. The first-order valence-corrected chi connectivity index (χ1v) is 10.4. The molecule has 0 spiro atoms. The summed E-state index contributed by atoms with van der Waals surface area (Å²) >= 11 is 0. The molecule has 3 rings (SSSR count). The standard InChI is InChI=1S/C19H21N3O4S/c1-4-26-19(23)12-22-18(10-13(2)21-22)17-9-8-16(20-17)14-6-5-7-15(11-14)27(3,24)25/h5-11,20H,4,12H2,1-3H3. The molecular formula is C19H21N3O4S. The molecule has 0 aliphatic rings. The van der Waals surface area contributed by atoms with Crippen molar-refractivity contribution in [3.05, 3.63) is 48.2 Å². The molecule has 0 fully saturated rings. The summed E-state index contributed by atoms with van der Waals surface area (Å²) in [6.45, 7) is 3.95. The molecule has 0 aliphatic heterocycles. The number of benzene rings is 1. The fourth-order valence-electron chi connectivity index (χ4n) is 2.82. The van der Waals surface area contributed by atoms with Crippen molar-refractivity contribution in [1.82, 2.24) is 14.8 Å². The molecule has 7 nitrogen and oxygen atoms in total. The third-order valence-corrected chi connectivity index (χ3v) is 5.13. The van der Waals surface area contributed by atoms with Crippen LogP contribution in [0, 0.1) is 6.92 Å². The summed E-state index contributed by atoms with van der Waals surface area (Å²) in [6.07, 6.45) is 1.18. The fourth-order valence-corrected chi connectivity index (χ4v) is 3.49. The second kappa shape index (κ2) is 7.40.